The van der Waals surface area contributed by atoms with Gasteiger partial charge in [0.15, 0.2) is 0 Å². The molecule has 3 aromatic rings. The van der Waals surface area contributed by atoms with Crippen LogP contribution < -0.4 is 9.62 Å². The highest BCUT2D eigenvalue weighted by molar-refractivity contribution is 9.10. The van der Waals surface area contributed by atoms with Gasteiger partial charge in [0.25, 0.3) is 0 Å². The Kier molecular flexibility index (Phi) is 10.4. The van der Waals surface area contributed by atoms with Crippen LogP contribution in [0.2, 0.25) is 0 Å². The summed E-state index contributed by atoms with van der Waals surface area (Å²) in [7, 11) is -3.87. The molecule has 2 amide bonds. The van der Waals surface area contributed by atoms with Gasteiger partial charge in [0.05, 0.1) is 11.9 Å². The average molecular weight is 605 g/mol. The fraction of sp³-hybridized carbons (Fsp3) is 0.286. The second-order valence-electron chi connectivity index (χ2n) is 8.86. The van der Waals surface area contributed by atoms with Crippen LogP contribution in [0.5, 0.6) is 0 Å². The zero-order chi connectivity index (χ0) is 27.7. The normalized spacial score (nSPS) is 12.0. The van der Waals surface area contributed by atoms with Gasteiger partial charge in [0, 0.05) is 29.5 Å². The quantitative estimate of drug-likeness (QED) is 0.330. The number of rotatable bonds is 12. The van der Waals surface area contributed by atoms with Crippen LogP contribution >= 0.6 is 15.9 Å². The molecule has 0 saturated heterocycles. The van der Waals surface area contributed by atoms with Crippen LogP contribution in [-0.2, 0) is 32.6 Å². The smallest absolute Gasteiger partial charge is 0.244 e. The van der Waals surface area contributed by atoms with E-state index in [0.717, 1.165) is 16.1 Å². The predicted octanol–water partition coefficient (Wildman–Crippen LogP) is 4.52. The van der Waals surface area contributed by atoms with Gasteiger partial charge < -0.3 is 10.2 Å². The van der Waals surface area contributed by atoms with Crippen LogP contribution in [0.15, 0.2) is 83.3 Å². The maximum absolute atomic E-state index is 14.7. The summed E-state index contributed by atoms with van der Waals surface area (Å²) in [5, 5.41) is 2.85. The van der Waals surface area contributed by atoms with Crippen molar-refractivity contribution in [3.05, 3.63) is 100 Å². The highest BCUT2D eigenvalue weighted by Gasteiger charge is 2.33. The van der Waals surface area contributed by atoms with E-state index in [1.54, 1.807) is 42.5 Å². The van der Waals surface area contributed by atoms with Crippen LogP contribution in [-0.4, -0.2) is 50.5 Å². The monoisotopic (exact) mass is 603 g/mol. The highest BCUT2D eigenvalue weighted by Crippen LogP contribution is 2.24. The second-order valence-corrected chi connectivity index (χ2v) is 11.7. The zero-order valence-electron chi connectivity index (χ0n) is 21.3. The molecule has 1 N–H and O–H groups in total. The number of benzene rings is 3. The summed E-state index contributed by atoms with van der Waals surface area (Å²) in [5.74, 6) is -1.55. The Morgan fingerprint density at radius 1 is 1.00 bits per heavy atom. The van der Waals surface area contributed by atoms with Crippen LogP contribution in [0.3, 0.4) is 0 Å². The average Bonchev–Trinajstić information content (AvgIpc) is 2.88. The van der Waals surface area contributed by atoms with Crippen molar-refractivity contribution in [3.63, 3.8) is 0 Å². The molecule has 0 aliphatic carbocycles. The predicted molar refractivity (Wildman–Crippen MR) is 151 cm³/mol. The summed E-state index contributed by atoms with van der Waals surface area (Å²) < 4.78 is 41.8. The number of hydrogen-bond donors (Lipinski definition) is 1. The summed E-state index contributed by atoms with van der Waals surface area (Å²) >= 11 is 3.34. The lowest BCUT2D eigenvalue weighted by molar-refractivity contribution is -0.140. The third-order valence-electron chi connectivity index (χ3n) is 5.89. The van der Waals surface area contributed by atoms with Crippen molar-refractivity contribution >= 4 is 43.5 Å². The minimum atomic E-state index is -3.87. The fourth-order valence-electron chi connectivity index (χ4n) is 3.98. The number of carbonyl (C=O) groups is 2. The van der Waals surface area contributed by atoms with E-state index in [0.29, 0.717) is 17.4 Å². The molecule has 10 heteroatoms. The molecule has 0 saturated carbocycles. The molecule has 0 heterocycles. The largest absolute Gasteiger partial charge is 0.354 e. The first-order valence-electron chi connectivity index (χ1n) is 12.2. The van der Waals surface area contributed by atoms with Gasteiger partial charge in [-0.1, -0.05) is 77.5 Å². The Morgan fingerprint density at radius 2 is 1.68 bits per heavy atom. The number of halogens is 2. The molecular weight excluding hydrogens is 573 g/mol. The molecule has 0 radical (unpaired) electrons. The third kappa shape index (κ3) is 8.13. The van der Waals surface area contributed by atoms with Gasteiger partial charge in [-0.3, -0.25) is 13.9 Å². The standard InChI is InChI=1S/C28H31BrFN3O4S/c1-3-16-31-28(35)26(17-21-10-5-4-6-11-21)32(19-22-12-7-8-15-25(22)30)27(34)20-33(38(2,36)37)24-14-9-13-23(29)18-24/h4-15,18,26H,3,16-17,19-20H2,1-2H3,(H,31,35). The van der Waals surface area contributed by atoms with Gasteiger partial charge in [0.1, 0.15) is 18.4 Å². The Bertz CT molecular complexity index is 1350. The summed E-state index contributed by atoms with van der Waals surface area (Å²) in [6, 6.07) is 20.8. The van der Waals surface area contributed by atoms with E-state index in [-0.39, 0.29) is 24.2 Å². The molecule has 0 aliphatic heterocycles. The van der Waals surface area contributed by atoms with Gasteiger partial charge in [-0.25, -0.2) is 12.8 Å². The molecule has 1 unspecified atom stereocenters. The topological polar surface area (TPSA) is 86.8 Å². The van der Waals surface area contributed by atoms with E-state index >= 15 is 0 Å². The van der Waals surface area contributed by atoms with E-state index in [1.807, 2.05) is 37.3 Å². The third-order valence-corrected chi connectivity index (χ3v) is 7.53. The van der Waals surface area contributed by atoms with E-state index in [2.05, 4.69) is 21.2 Å². The Labute approximate surface area is 231 Å². The summed E-state index contributed by atoms with van der Waals surface area (Å²) in [6.07, 6.45) is 1.87. The van der Waals surface area contributed by atoms with Crippen molar-refractivity contribution in [3.8, 4) is 0 Å². The van der Waals surface area contributed by atoms with Crippen molar-refractivity contribution < 1.29 is 22.4 Å². The van der Waals surface area contributed by atoms with E-state index in [4.69, 9.17) is 0 Å². The van der Waals surface area contributed by atoms with Crippen LogP contribution in [0, 0.1) is 5.82 Å². The number of nitrogens with one attached hydrogen (secondary N) is 1. The number of nitrogens with zero attached hydrogens (tertiary/aromatic N) is 2. The molecule has 3 aromatic carbocycles. The minimum absolute atomic E-state index is 0.173. The zero-order valence-corrected chi connectivity index (χ0v) is 23.7. The lowest BCUT2D eigenvalue weighted by Crippen LogP contribution is -2.53. The van der Waals surface area contributed by atoms with Gasteiger partial charge >= 0.3 is 0 Å². The number of amides is 2. The number of hydrogen-bond acceptors (Lipinski definition) is 4. The summed E-state index contributed by atoms with van der Waals surface area (Å²) in [5.41, 5.74) is 1.31. The molecule has 0 fully saturated rings. The van der Waals surface area contributed by atoms with Crippen molar-refractivity contribution in [2.45, 2.75) is 32.4 Å². The highest BCUT2D eigenvalue weighted by atomic mass is 79.9. The molecule has 7 nitrogen and oxygen atoms in total. The molecular formula is C28H31BrFN3O4S. The van der Waals surface area contributed by atoms with E-state index in [9.17, 15) is 22.4 Å². The number of carbonyl (C=O) groups excluding carboxylic acids is 2. The van der Waals surface area contributed by atoms with Crippen molar-refractivity contribution in [1.82, 2.24) is 10.2 Å². The first kappa shape index (κ1) is 29.3. The van der Waals surface area contributed by atoms with E-state index in [1.165, 1.54) is 11.0 Å². The van der Waals surface area contributed by atoms with Crippen LogP contribution in [0.4, 0.5) is 10.1 Å². The molecule has 0 aromatic heterocycles. The minimum Gasteiger partial charge on any atom is -0.354 e. The molecule has 202 valence electrons. The lowest BCUT2D eigenvalue weighted by Gasteiger charge is -2.33. The van der Waals surface area contributed by atoms with Gasteiger partial charge in [-0.05, 0) is 36.2 Å². The van der Waals surface area contributed by atoms with Gasteiger partial charge in [-0.15, -0.1) is 0 Å². The van der Waals surface area contributed by atoms with Crippen LogP contribution in [0.25, 0.3) is 0 Å². The molecule has 0 aliphatic rings. The fourth-order valence-corrected chi connectivity index (χ4v) is 5.20. The SMILES string of the molecule is CCCNC(=O)C(Cc1ccccc1)N(Cc1ccccc1F)C(=O)CN(c1cccc(Br)c1)S(C)(=O)=O. The molecule has 0 bridgehead atoms. The van der Waals surface area contributed by atoms with Gasteiger partial charge in [0.2, 0.25) is 21.8 Å². The number of anilines is 1. The van der Waals surface area contributed by atoms with Crippen LogP contribution in [0.1, 0.15) is 24.5 Å². The van der Waals surface area contributed by atoms with Crippen molar-refractivity contribution in [2.24, 2.45) is 0 Å². The van der Waals surface area contributed by atoms with Crippen molar-refractivity contribution in [2.75, 3.05) is 23.7 Å². The van der Waals surface area contributed by atoms with Crippen molar-refractivity contribution in [1.29, 1.82) is 0 Å². The first-order chi connectivity index (χ1) is 18.1. The maximum Gasteiger partial charge on any atom is 0.244 e. The summed E-state index contributed by atoms with van der Waals surface area (Å²) in [6.45, 7) is 1.55. The molecule has 3 rings (SSSR count). The molecule has 38 heavy (non-hydrogen) atoms. The Hall–Kier alpha value is -3.24. The number of sulfonamides is 1. The second kappa shape index (κ2) is 13.5. The van der Waals surface area contributed by atoms with E-state index < -0.39 is 40.2 Å². The Balaban J connectivity index is 2.05. The Morgan fingerprint density at radius 3 is 2.32 bits per heavy atom. The maximum atomic E-state index is 14.7. The lowest BCUT2D eigenvalue weighted by atomic mass is 10.0. The molecule has 1 atom stereocenters. The van der Waals surface area contributed by atoms with Gasteiger partial charge in [-0.2, -0.15) is 0 Å². The molecule has 0 spiro atoms. The first-order valence-corrected chi connectivity index (χ1v) is 14.8. The summed E-state index contributed by atoms with van der Waals surface area (Å²) in [4.78, 5) is 28.5.